The maximum Gasteiger partial charge on any atom is 0.251 e. The zero-order valence-corrected chi connectivity index (χ0v) is 16.2. The van der Waals surface area contributed by atoms with Gasteiger partial charge in [0.05, 0.1) is 11.7 Å². The van der Waals surface area contributed by atoms with Gasteiger partial charge in [-0.25, -0.2) is 0 Å². The molecule has 2 aliphatic rings. The van der Waals surface area contributed by atoms with Gasteiger partial charge in [-0.1, -0.05) is 31.7 Å². The van der Waals surface area contributed by atoms with Crippen molar-refractivity contribution in [3.63, 3.8) is 0 Å². The highest BCUT2D eigenvalue weighted by Gasteiger charge is 2.35. The van der Waals surface area contributed by atoms with Gasteiger partial charge in [0, 0.05) is 24.6 Å². The number of likely N-dealkylation sites (tertiary alicyclic amines) is 1. The van der Waals surface area contributed by atoms with E-state index < -0.39 is 0 Å². The van der Waals surface area contributed by atoms with Crippen LogP contribution in [-0.2, 0) is 4.79 Å². The molecule has 148 valence electrons. The number of hydrogen-bond donors (Lipinski definition) is 1. The fourth-order valence-corrected chi connectivity index (χ4v) is 4.27. The molecule has 1 aromatic carbocycles. The van der Waals surface area contributed by atoms with E-state index in [1.807, 2.05) is 17.0 Å². The molecule has 4 rings (SSSR count). The van der Waals surface area contributed by atoms with Gasteiger partial charge >= 0.3 is 0 Å². The van der Waals surface area contributed by atoms with E-state index in [0.29, 0.717) is 30.4 Å². The fourth-order valence-electron chi connectivity index (χ4n) is 4.27. The molecule has 1 saturated carbocycles. The summed E-state index contributed by atoms with van der Waals surface area (Å²) in [6.07, 6.45) is 7.45. The Morgan fingerprint density at radius 3 is 2.68 bits per heavy atom. The zero-order valence-electron chi connectivity index (χ0n) is 16.2. The second-order valence-electron chi connectivity index (χ2n) is 7.75. The first-order valence-corrected chi connectivity index (χ1v) is 10.1. The van der Waals surface area contributed by atoms with Crippen molar-refractivity contribution >= 4 is 11.8 Å². The summed E-state index contributed by atoms with van der Waals surface area (Å²) in [6.45, 7) is 2.42. The van der Waals surface area contributed by atoms with E-state index in [1.165, 1.54) is 25.7 Å². The second kappa shape index (κ2) is 8.08. The summed E-state index contributed by atoms with van der Waals surface area (Å²) in [5.41, 5.74) is 1.27. The van der Waals surface area contributed by atoms with Crippen LogP contribution < -0.4 is 5.32 Å². The van der Waals surface area contributed by atoms with Gasteiger partial charge in [-0.3, -0.25) is 9.59 Å². The van der Waals surface area contributed by atoms with Crippen LogP contribution in [0.1, 0.15) is 61.1 Å². The second-order valence-corrected chi connectivity index (χ2v) is 7.75. The molecule has 2 fully saturated rings. The Balaban J connectivity index is 1.41. The van der Waals surface area contributed by atoms with Crippen molar-refractivity contribution in [2.45, 2.75) is 64.0 Å². The van der Waals surface area contributed by atoms with Crippen molar-refractivity contribution in [2.24, 2.45) is 0 Å². The fraction of sp³-hybridized carbons (Fsp3) is 0.550. The number of nitrogens with zero attached hydrogens (tertiary/aromatic N) is 5. The first-order valence-electron chi connectivity index (χ1n) is 10.1. The molecule has 2 amide bonds. The summed E-state index contributed by atoms with van der Waals surface area (Å²) in [4.78, 5) is 27.3. The molecule has 1 aromatic heterocycles. The number of benzene rings is 1. The average Bonchev–Trinajstić information content (AvgIpc) is 3.17. The van der Waals surface area contributed by atoms with Gasteiger partial charge in [-0.2, -0.15) is 4.68 Å². The zero-order chi connectivity index (χ0) is 19.5. The normalized spacial score (nSPS) is 21.0. The number of amides is 2. The van der Waals surface area contributed by atoms with Crippen LogP contribution in [-0.4, -0.2) is 55.5 Å². The summed E-state index contributed by atoms with van der Waals surface area (Å²) in [6, 6.07) is 7.39. The molecule has 0 unspecified atom stereocenters. The van der Waals surface area contributed by atoms with E-state index in [9.17, 15) is 9.59 Å². The minimum Gasteiger partial charge on any atom is -0.347 e. The number of carbonyl (C=O) groups excluding carboxylic acids is 2. The Kier molecular flexibility index (Phi) is 5.36. The lowest BCUT2D eigenvalue weighted by Crippen LogP contribution is -2.40. The van der Waals surface area contributed by atoms with Gasteiger partial charge in [0.15, 0.2) is 5.82 Å². The van der Waals surface area contributed by atoms with E-state index in [-0.39, 0.29) is 17.9 Å². The Bertz CT molecular complexity index is 856. The number of aromatic nitrogens is 4. The van der Waals surface area contributed by atoms with Crippen molar-refractivity contribution in [1.82, 2.24) is 30.4 Å². The predicted molar refractivity (Wildman–Crippen MR) is 103 cm³/mol. The van der Waals surface area contributed by atoms with Gasteiger partial charge in [-0.05, 0) is 48.4 Å². The molecule has 0 bridgehead atoms. The third-order valence-corrected chi connectivity index (χ3v) is 5.74. The third kappa shape index (κ3) is 3.90. The summed E-state index contributed by atoms with van der Waals surface area (Å²) in [5, 5.41) is 14.5. The van der Waals surface area contributed by atoms with Crippen LogP contribution in [0.3, 0.4) is 0 Å². The number of hydrogen-bond acceptors (Lipinski definition) is 5. The van der Waals surface area contributed by atoms with Crippen LogP contribution in [0.2, 0.25) is 0 Å². The molecular formula is C20H26N6O2. The SMILES string of the molecule is Cc1nnnn1-c1cccc(C(=O)N[C@H]2CC(=O)N(C3CCCCCC3)C2)c1. The van der Waals surface area contributed by atoms with E-state index in [1.54, 1.807) is 23.7 Å². The maximum atomic E-state index is 12.8. The molecular weight excluding hydrogens is 356 g/mol. The third-order valence-electron chi connectivity index (χ3n) is 5.74. The Labute approximate surface area is 164 Å². The Morgan fingerprint density at radius 1 is 1.18 bits per heavy atom. The quantitative estimate of drug-likeness (QED) is 0.817. The van der Waals surface area contributed by atoms with Gasteiger partial charge in [0.2, 0.25) is 5.91 Å². The van der Waals surface area contributed by atoms with Gasteiger partial charge in [-0.15, -0.1) is 5.10 Å². The molecule has 8 heteroatoms. The van der Waals surface area contributed by atoms with Crippen molar-refractivity contribution < 1.29 is 9.59 Å². The minimum atomic E-state index is -0.173. The largest absolute Gasteiger partial charge is 0.347 e. The van der Waals surface area contributed by atoms with E-state index in [0.717, 1.165) is 18.5 Å². The highest BCUT2D eigenvalue weighted by molar-refractivity contribution is 5.95. The van der Waals surface area contributed by atoms with Crippen molar-refractivity contribution in [1.29, 1.82) is 0 Å². The van der Waals surface area contributed by atoms with Crippen molar-refractivity contribution in [3.8, 4) is 5.69 Å². The first kappa shape index (κ1) is 18.6. The highest BCUT2D eigenvalue weighted by atomic mass is 16.2. The summed E-state index contributed by atoms with van der Waals surface area (Å²) >= 11 is 0. The monoisotopic (exact) mass is 382 g/mol. The number of nitrogens with one attached hydrogen (secondary N) is 1. The maximum absolute atomic E-state index is 12.8. The smallest absolute Gasteiger partial charge is 0.251 e. The van der Waals surface area contributed by atoms with E-state index in [4.69, 9.17) is 0 Å². The van der Waals surface area contributed by atoms with Crippen LogP contribution in [0.15, 0.2) is 24.3 Å². The Morgan fingerprint density at radius 2 is 1.96 bits per heavy atom. The molecule has 2 heterocycles. The lowest BCUT2D eigenvalue weighted by molar-refractivity contribution is -0.129. The predicted octanol–water partition coefficient (Wildman–Crippen LogP) is 2.02. The van der Waals surface area contributed by atoms with Gasteiger partial charge < -0.3 is 10.2 Å². The highest BCUT2D eigenvalue weighted by Crippen LogP contribution is 2.26. The molecule has 1 aliphatic carbocycles. The topological polar surface area (TPSA) is 93.0 Å². The average molecular weight is 382 g/mol. The molecule has 1 saturated heterocycles. The number of tetrazole rings is 1. The minimum absolute atomic E-state index is 0.137. The van der Waals surface area contributed by atoms with E-state index >= 15 is 0 Å². The standard InChI is InChI=1S/C20H26N6O2/c1-14-22-23-24-26(14)18-10-6-7-15(11-18)20(28)21-16-12-19(27)25(13-16)17-8-4-2-3-5-9-17/h6-7,10-11,16-17H,2-5,8-9,12-13H2,1H3,(H,21,28)/t16-/m0/s1. The van der Waals surface area contributed by atoms with Crippen LogP contribution in [0.25, 0.3) is 5.69 Å². The number of aryl methyl sites for hydroxylation is 1. The lowest BCUT2D eigenvalue weighted by Gasteiger charge is -2.27. The molecule has 1 atom stereocenters. The molecule has 8 nitrogen and oxygen atoms in total. The van der Waals surface area contributed by atoms with Crippen LogP contribution in [0.5, 0.6) is 0 Å². The summed E-state index contributed by atoms with van der Waals surface area (Å²) < 4.78 is 1.59. The summed E-state index contributed by atoms with van der Waals surface area (Å²) in [5.74, 6) is 0.640. The summed E-state index contributed by atoms with van der Waals surface area (Å²) in [7, 11) is 0. The van der Waals surface area contributed by atoms with Crippen molar-refractivity contribution in [3.05, 3.63) is 35.7 Å². The van der Waals surface area contributed by atoms with Crippen LogP contribution in [0, 0.1) is 6.92 Å². The molecule has 1 aliphatic heterocycles. The number of rotatable bonds is 4. The van der Waals surface area contributed by atoms with E-state index in [2.05, 4.69) is 20.8 Å². The molecule has 0 spiro atoms. The molecule has 2 aromatic rings. The van der Waals surface area contributed by atoms with Crippen molar-refractivity contribution in [2.75, 3.05) is 6.54 Å². The lowest BCUT2D eigenvalue weighted by atomic mass is 10.1. The van der Waals surface area contributed by atoms with Gasteiger partial charge in [0.1, 0.15) is 0 Å². The first-order chi connectivity index (χ1) is 13.6. The molecule has 1 N–H and O–H groups in total. The number of carbonyl (C=O) groups is 2. The van der Waals surface area contributed by atoms with Crippen LogP contribution >= 0.6 is 0 Å². The molecule has 28 heavy (non-hydrogen) atoms. The van der Waals surface area contributed by atoms with Gasteiger partial charge in [0.25, 0.3) is 5.91 Å². The molecule has 0 radical (unpaired) electrons. The van der Waals surface area contributed by atoms with Crippen LogP contribution in [0.4, 0.5) is 0 Å². The Hall–Kier alpha value is -2.77.